The fourth-order valence-electron chi connectivity index (χ4n) is 4.34. The molecule has 2 N–H and O–H groups in total. The van der Waals surface area contributed by atoms with Gasteiger partial charge in [0, 0.05) is 44.3 Å². The number of para-hydroxylation sites is 1. The van der Waals surface area contributed by atoms with Crippen molar-refractivity contribution in [3.8, 4) is 0 Å². The molecule has 0 spiro atoms. The SMILES string of the molecule is CCCCn1c(N(C)CC(C)N)nc2c1c(=O)n(Cc1nc(C)c3ccccc3n1)c(=O)n2C. The van der Waals surface area contributed by atoms with Gasteiger partial charge in [-0.1, -0.05) is 31.5 Å². The monoisotopic (exact) mass is 464 g/mol. The number of aryl methyl sites for hydroxylation is 3. The molecule has 0 aliphatic heterocycles. The summed E-state index contributed by atoms with van der Waals surface area (Å²) in [5, 5.41) is 0.946. The van der Waals surface area contributed by atoms with E-state index < -0.39 is 11.2 Å². The van der Waals surface area contributed by atoms with Crippen LogP contribution in [0.3, 0.4) is 0 Å². The summed E-state index contributed by atoms with van der Waals surface area (Å²) in [5.41, 5.74) is 7.52. The molecule has 3 heterocycles. The van der Waals surface area contributed by atoms with Crippen molar-refractivity contribution in [1.29, 1.82) is 0 Å². The van der Waals surface area contributed by atoms with E-state index >= 15 is 0 Å². The molecule has 4 aromatic rings. The number of fused-ring (bicyclic) bond motifs is 2. The lowest BCUT2D eigenvalue weighted by atomic mass is 10.2. The predicted molar refractivity (Wildman–Crippen MR) is 134 cm³/mol. The van der Waals surface area contributed by atoms with Crippen molar-refractivity contribution in [2.45, 2.75) is 52.7 Å². The van der Waals surface area contributed by atoms with Crippen LogP contribution in [0.15, 0.2) is 33.9 Å². The van der Waals surface area contributed by atoms with E-state index in [-0.39, 0.29) is 12.6 Å². The molecule has 0 amide bonds. The molecular formula is C24H32N8O2. The highest BCUT2D eigenvalue weighted by atomic mass is 16.2. The van der Waals surface area contributed by atoms with Gasteiger partial charge in [-0.3, -0.25) is 13.9 Å². The van der Waals surface area contributed by atoms with E-state index in [0.29, 0.717) is 36.0 Å². The van der Waals surface area contributed by atoms with Crippen molar-refractivity contribution in [3.05, 3.63) is 56.6 Å². The Morgan fingerprint density at radius 2 is 1.85 bits per heavy atom. The van der Waals surface area contributed by atoms with Crippen molar-refractivity contribution < 1.29 is 0 Å². The molecule has 10 heteroatoms. The summed E-state index contributed by atoms with van der Waals surface area (Å²) in [6.45, 7) is 7.09. The van der Waals surface area contributed by atoms with Gasteiger partial charge >= 0.3 is 5.69 Å². The summed E-state index contributed by atoms with van der Waals surface area (Å²) >= 11 is 0. The van der Waals surface area contributed by atoms with Crippen molar-refractivity contribution in [2.24, 2.45) is 12.8 Å². The Labute approximate surface area is 197 Å². The maximum absolute atomic E-state index is 13.7. The van der Waals surface area contributed by atoms with E-state index in [1.165, 1.54) is 9.13 Å². The van der Waals surface area contributed by atoms with Crippen LogP contribution in [-0.4, -0.2) is 48.3 Å². The van der Waals surface area contributed by atoms with Crippen LogP contribution in [0, 0.1) is 6.92 Å². The van der Waals surface area contributed by atoms with Gasteiger partial charge in [0.1, 0.15) is 5.82 Å². The zero-order chi connectivity index (χ0) is 24.6. The second-order valence-electron chi connectivity index (χ2n) is 8.92. The summed E-state index contributed by atoms with van der Waals surface area (Å²) in [6.07, 6.45) is 1.83. The van der Waals surface area contributed by atoms with Crippen molar-refractivity contribution >= 4 is 28.0 Å². The summed E-state index contributed by atoms with van der Waals surface area (Å²) in [6, 6.07) is 7.63. The van der Waals surface area contributed by atoms with E-state index in [2.05, 4.69) is 16.9 Å². The molecule has 0 aliphatic rings. The van der Waals surface area contributed by atoms with Gasteiger partial charge in [0.05, 0.1) is 12.1 Å². The Hall–Kier alpha value is -3.53. The van der Waals surface area contributed by atoms with Gasteiger partial charge in [0.2, 0.25) is 5.95 Å². The summed E-state index contributed by atoms with van der Waals surface area (Å²) < 4.78 is 4.54. The van der Waals surface area contributed by atoms with E-state index in [0.717, 1.165) is 29.4 Å². The number of anilines is 1. The normalized spacial score (nSPS) is 12.5. The molecule has 0 fully saturated rings. The van der Waals surface area contributed by atoms with Gasteiger partial charge in [-0.15, -0.1) is 0 Å². The highest BCUT2D eigenvalue weighted by Crippen LogP contribution is 2.20. The summed E-state index contributed by atoms with van der Waals surface area (Å²) in [7, 11) is 3.54. The van der Waals surface area contributed by atoms with Crippen molar-refractivity contribution in [2.75, 3.05) is 18.5 Å². The number of benzene rings is 1. The molecule has 0 saturated carbocycles. The van der Waals surface area contributed by atoms with Gasteiger partial charge in [-0.05, 0) is 26.3 Å². The highest BCUT2D eigenvalue weighted by Gasteiger charge is 2.23. The molecule has 10 nitrogen and oxygen atoms in total. The molecule has 180 valence electrons. The number of likely N-dealkylation sites (N-methyl/N-ethyl adjacent to an activating group) is 1. The average molecular weight is 465 g/mol. The maximum Gasteiger partial charge on any atom is 0.332 e. The third-order valence-electron chi connectivity index (χ3n) is 5.99. The molecule has 0 aliphatic carbocycles. The molecular weight excluding hydrogens is 432 g/mol. The Bertz CT molecular complexity index is 1460. The predicted octanol–water partition coefficient (Wildman–Crippen LogP) is 1.78. The molecule has 1 atom stereocenters. The average Bonchev–Trinajstić information content (AvgIpc) is 3.18. The minimum atomic E-state index is -0.451. The van der Waals surface area contributed by atoms with Gasteiger partial charge in [-0.25, -0.2) is 14.8 Å². The van der Waals surface area contributed by atoms with E-state index in [9.17, 15) is 9.59 Å². The number of hydrogen-bond acceptors (Lipinski definition) is 7. The third kappa shape index (κ3) is 4.21. The molecule has 4 rings (SSSR count). The van der Waals surface area contributed by atoms with Crippen LogP contribution < -0.4 is 21.9 Å². The summed E-state index contributed by atoms with van der Waals surface area (Å²) in [5.74, 6) is 1.05. The second kappa shape index (κ2) is 9.38. The maximum atomic E-state index is 13.7. The van der Waals surface area contributed by atoms with Crippen molar-refractivity contribution in [1.82, 2.24) is 28.7 Å². The molecule has 1 unspecified atom stereocenters. The van der Waals surface area contributed by atoms with Gasteiger partial charge in [-0.2, -0.15) is 4.98 Å². The number of hydrogen-bond donors (Lipinski definition) is 1. The number of rotatable bonds is 8. The van der Waals surface area contributed by atoms with Crippen LogP contribution in [0.5, 0.6) is 0 Å². The minimum Gasteiger partial charge on any atom is -0.344 e. The van der Waals surface area contributed by atoms with Crippen molar-refractivity contribution in [3.63, 3.8) is 0 Å². The Balaban J connectivity index is 1.90. The Morgan fingerprint density at radius 1 is 1.12 bits per heavy atom. The van der Waals surface area contributed by atoms with Crippen LogP contribution in [-0.2, 0) is 20.1 Å². The lowest BCUT2D eigenvalue weighted by molar-refractivity contribution is 0.610. The van der Waals surface area contributed by atoms with Gasteiger partial charge in [0.25, 0.3) is 5.56 Å². The molecule has 0 saturated heterocycles. The van der Waals surface area contributed by atoms with Crippen LogP contribution in [0.4, 0.5) is 5.95 Å². The number of unbranched alkanes of at least 4 members (excludes halogenated alkanes) is 1. The number of aromatic nitrogens is 6. The second-order valence-corrected chi connectivity index (χ2v) is 8.92. The van der Waals surface area contributed by atoms with E-state index in [1.54, 1.807) is 7.05 Å². The fraction of sp³-hybridized carbons (Fsp3) is 0.458. The van der Waals surface area contributed by atoms with Crippen LogP contribution in [0.2, 0.25) is 0 Å². The quantitative estimate of drug-likeness (QED) is 0.422. The fourth-order valence-corrected chi connectivity index (χ4v) is 4.34. The largest absolute Gasteiger partial charge is 0.344 e. The van der Waals surface area contributed by atoms with Gasteiger partial charge in [0.15, 0.2) is 11.2 Å². The first-order valence-electron chi connectivity index (χ1n) is 11.6. The van der Waals surface area contributed by atoms with Gasteiger partial charge < -0.3 is 15.2 Å². The third-order valence-corrected chi connectivity index (χ3v) is 5.99. The Morgan fingerprint density at radius 3 is 2.56 bits per heavy atom. The zero-order valence-corrected chi connectivity index (χ0v) is 20.4. The number of nitrogens with zero attached hydrogens (tertiary/aromatic N) is 7. The smallest absolute Gasteiger partial charge is 0.332 e. The van der Waals surface area contributed by atoms with Crippen LogP contribution in [0.1, 0.15) is 38.2 Å². The molecule has 34 heavy (non-hydrogen) atoms. The first-order chi connectivity index (χ1) is 16.2. The zero-order valence-electron chi connectivity index (χ0n) is 20.4. The highest BCUT2D eigenvalue weighted by molar-refractivity contribution is 5.80. The minimum absolute atomic E-state index is 0.0168. The topological polar surface area (TPSA) is 117 Å². The van der Waals surface area contributed by atoms with Crippen LogP contribution in [0.25, 0.3) is 22.1 Å². The lowest BCUT2D eigenvalue weighted by Gasteiger charge is -2.21. The van der Waals surface area contributed by atoms with E-state index in [1.807, 2.05) is 54.6 Å². The standard InChI is InChI=1S/C24H32N8O2/c1-6-7-12-31-20-21(28-23(31)29(4)13-15(2)25)30(5)24(34)32(22(20)33)14-19-26-16(3)17-10-8-9-11-18(17)27-19/h8-11,15H,6-7,12-14,25H2,1-5H3. The first-order valence-corrected chi connectivity index (χ1v) is 11.6. The van der Waals surface area contributed by atoms with Crippen LogP contribution >= 0.6 is 0 Å². The summed E-state index contributed by atoms with van der Waals surface area (Å²) in [4.78, 5) is 42.7. The molecule has 0 bridgehead atoms. The number of nitrogens with two attached hydrogens (primary N) is 1. The molecule has 0 radical (unpaired) electrons. The van der Waals surface area contributed by atoms with E-state index in [4.69, 9.17) is 10.7 Å². The molecule has 3 aromatic heterocycles. The Kier molecular flexibility index (Phi) is 6.52. The first kappa shape index (κ1) is 23.6. The number of imidazole rings is 1. The molecule has 1 aromatic carbocycles. The lowest BCUT2D eigenvalue weighted by Crippen LogP contribution is -2.40.